The summed E-state index contributed by atoms with van der Waals surface area (Å²) >= 11 is 5.85. The number of hydrogen-bond donors (Lipinski definition) is 0. The first-order chi connectivity index (χ1) is 8.82. The minimum Gasteiger partial charge on any atom is -0.310 e. The standard InChI is InChI=1S/C13H11ClF3NO/c1-2-8-5-12(19)18(7-8)11-4-3-9(6-10(11)14)13(15,16)17/h2-4,6,8H,1,5,7H2. The van der Waals surface area contributed by atoms with Gasteiger partial charge in [-0.3, -0.25) is 4.79 Å². The first-order valence-electron chi connectivity index (χ1n) is 5.62. The zero-order valence-corrected chi connectivity index (χ0v) is 10.6. The van der Waals surface area contributed by atoms with Crippen LogP contribution in [-0.4, -0.2) is 12.5 Å². The van der Waals surface area contributed by atoms with Crippen molar-refractivity contribution in [2.24, 2.45) is 5.92 Å². The van der Waals surface area contributed by atoms with Crippen LogP contribution in [0.25, 0.3) is 0 Å². The first-order valence-corrected chi connectivity index (χ1v) is 6.00. The van der Waals surface area contributed by atoms with E-state index >= 15 is 0 Å². The maximum atomic E-state index is 12.5. The van der Waals surface area contributed by atoms with Crippen LogP contribution in [0.3, 0.4) is 0 Å². The van der Waals surface area contributed by atoms with E-state index in [0.717, 1.165) is 12.1 Å². The molecule has 0 spiro atoms. The SMILES string of the molecule is C=CC1CC(=O)N(c2ccc(C(F)(F)F)cc2Cl)C1. The lowest BCUT2D eigenvalue weighted by Crippen LogP contribution is -2.24. The van der Waals surface area contributed by atoms with Crippen LogP contribution in [-0.2, 0) is 11.0 Å². The molecule has 1 heterocycles. The lowest BCUT2D eigenvalue weighted by Gasteiger charge is -2.19. The second-order valence-corrected chi connectivity index (χ2v) is 4.78. The van der Waals surface area contributed by atoms with Crippen molar-refractivity contribution in [1.29, 1.82) is 0 Å². The van der Waals surface area contributed by atoms with Gasteiger partial charge in [0, 0.05) is 18.9 Å². The van der Waals surface area contributed by atoms with Gasteiger partial charge in [0.2, 0.25) is 5.91 Å². The molecule has 0 radical (unpaired) electrons. The molecule has 1 aromatic rings. The van der Waals surface area contributed by atoms with E-state index in [1.54, 1.807) is 6.08 Å². The fraction of sp³-hybridized carbons (Fsp3) is 0.308. The molecule has 1 aliphatic rings. The zero-order valence-electron chi connectivity index (χ0n) is 9.88. The predicted molar refractivity (Wildman–Crippen MR) is 67.1 cm³/mol. The van der Waals surface area contributed by atoms with Gasteiger partial charge in [-0.1, -0.05) is 17.7 Å². The molecular formula is C13H11ClF3NO. The van der Waals surface area contributed by atoms with E-state index in [4.69, 9.17) is 11.6 Å². The molecule has 1 fully saturated rings. The number of halogens is 4. The molecular weight excluding hydrogens is 279 g/mol. The summed E-state index contributed by atoms with van der Waals surface area (Å²) in [6.45, 7) is 4.01. The van der Waals surface area contributed by atoms with Gasteiger partial charge in [-0.15, -0.1) is 6.58 Å². The summed E-state index contributed by atoms with van der Waals surface area (Å²) in [5.74, 6) is -0.155. The number of carbonyl (C=O) groups excluding carboxylic acids is 1. The average Bonchev–Trinajstić information content (AvgIpc) is 2.69. The van der Waals surface area contributed by atoms with Crippen molar-refractivity contribution in [2.45, 2.75) is 12.6 Å². The summed E-state index contributed by atoms with van der Waals surface area (Å²) in [7, 11) is 0. The Kier molecular flexibility index (Phi) is 3.58. The summed E-state index contributed by atoms with van der Waals surface area (Å²) in [6, 6.07) is 3.00. The quantitative estimate of drug-likeness (QED) is 0.756. The van der Waals surface area contributed by atoms with Crippen LogP contribution in [0.1, 0.15) is 12.0 Å². The predicted octanol–water partition coefficient (Wildman–Crippen LogP) is 3.90. The van der Waals surface area contributed by atoms with Gasteiger partial charge in [-0.2, -0.15) is 13.2 Å². The summed E-state index contributed by atoms with van der Waals surface area (Å²) in [4.78, 5) is 13.2. The Morgan fingerprint density at radius 3 is 2.58 bits per heavy atom. The molecule has 0 bridgehead atoms. The van der Waals surface area contributed by atoms with Crippen LogP contribution in [0.4, 0.5) is 18.9 Å². The number of nitrogens with zero attached hydrogens (tertiary/aromatic N) is 1. The Morgan fingerprint density at radius 1 is 1.42 bits per heavy atom. The molecule has 0 aliphatic carbocycles. The van der Waals surface area contributed by atoms with E-state index < -0.39 is 11.7 Å². The highest BCUT2D eigenvalue weighted by atomic mass is 35.5. The highest BCUT2D eigenvalue weighted by Crippen LogP contribution is 2.37. The monoisotopic (exact) mass is 289 g/mol. The third-order valence-electron chi connectivity index (χ3n) is 3.05. The number of amides is 1. The third-order valence-corrected chi connectivity index (χ3v) is 3.36. The maximum absolute atomic E-state index is 12.5. The number of rotatable bonds is 2. The molecule has 1 atom stereocenters. The molecule has 1 amide bonds. The zero-order chi connectivity index (χ0) is 14.2. The summed E-state index contributed by atoms with van der Waals surface area (Å²) in [5.41, 5.74) is -0.516. The Labute approximate surface area is 113 Å². The van der Waals surface area contributed by atoms with Gasteiger partial charge < -0.3 is 4.90 Å². The Balaban J connectivity index is 2.32. The highest BCUT2D eigenvalue weighted by Gasteiger charge is 2.33. The summed E-state index contributed by atoms with van der Waals surface area (Å²) < 4.78 is 37.6. The molecule has 0 N–H and O–H groups in total. The molecule has 19 heavy (non-hydrogen) atoms. The van der Waals surface area contributed by atoms with Crippen molar-refractivity contribution in [3.8, 4) is 0 Å². The number of carbonyl (C=O) groups is 1. The van der Waals surface area contributed by atoms with E-state index in [0.29, 0.717) is 18.7 Å². The summed E-state index contributed by atoms with van der Waals surface area (Å²) in [6.07, 6.45) is -2.47. The van der Waals surface area contributed by atoms with Gasteiger partial charge >= 0.3 is 6.18 Å². The largest absolute Gasteiger partial charge is 0.416 e. The lowest BCUT2D eigenvalue weighted by atomic mass is 10.1. The molecule has 6 heteroatoms. The molecule has 1 aliphatic heterocycles. The first kappa shape index (κ1) is 13.9. The molecule has 2 rings (SSSR count). The molecule has 1 saturated heterocycles. The van der Waals surface area contributed by atoms with Crippen LogP contribution in [0.5, 0.6) is 0 Å². The van der Waals surface area contributed by atoms with E-state index in [1.807, 2.05) is 0 Å². The molecule has 1 unspecified atom stereocenters. The van der Waals surface area contributed by atoms with Crippen molar-refractivity contribution in [3.05, 3.63) is 41.4 Å². The van der Waals surface area contributed by atoms with Crippen LogP contribution in [0.2, 0.25) is 5.02 Å². The van der Waals surface area contributed by atoms with Gasteiger partial charge in [0.15, 0.2) is 0 Å². The minimum atomic E-state index is -4.44. The van der Waals surface area contributed by atoms with Crippen LogP contribution in [0, 0.1) is 5.92 Å². The van der Waals surface area contributed by atoms with Crippen molar-refractivity contribution >= 4 is 23.2 Å². The van der Waals surface area contributed by atoms with E-state index in [1.165, 1.54) is 11.0 Å². The van der Waals surface area contributed by atoms with Crippen LogP contribution in [0.15, 0.2) is 30.9 Å². The fourth-order valence-electron chi connectivity index (χ4n) is 2.03. The smallest absolute Gasteiger partial charge is 0.310 e. The molecule has 2 nitrogen and oxygen atoms in total. The Morgan fingerprint density at radius 2 is 2.11 bits per heavy atom. The average molecular weight is 290 g/mol. The van der Waals surface area contributed by atoms with E-state index in [-0.39, 0.29) is 16.8 Å². The normalized spacial score (nSPS) is 19.9. The van der Waals surface area contributed by atoms with Crippen molar-refractivity contribution in [3.63, 3.8) is 0 Å². The number of anilines is 1. The van der Waals surface area contributed by atoms with Crippen molar-refractivity contribution < 1.29 is 18.0 Å². The lowest BCUT2D eigenvalue weighted by molar-refractivity contribution is -0.137. The van der Waals surface area contributed by atoms with Gasteiger partial charge in [0.1, 0.15) is 0 Å². The van der Waals surface area contributed by atoms with Gasteiger partial charge in [-0.25, -0.2) is 0 Å². The molecule has 1 aromatic carbocycles. The Hall–Kier alpha value is -1.49. The third kappa shape index (κ3) is 2.76. The number of hydrogen-bond acceptors (Lipinski definition) is 1. The van der Waals surface area contributed by atoms with Gasteiger partial charge in [0.25, 0.3) is 0 Å². The second kappa shape index (κ2) is 4.89. The summed E-state index contributed by atoms with van der Waals surface area (Å²) in [5, 5.41) is -0.0760. The number of alkyl halides is 3. The van der Waals surface area contributed by atoms with Crippen molar-refractivity contribution in [2.75, 3.05) is 11.4 Å². The highest BCUT2D eigenvalue weighted by molar-refractivity contribution is 6.34. The van der Waals surface area contributed by atoms with Gasteiger partial charge in [0.05, 0.1) is 16.3 Å². The number of benzene rings is 1. The fourth-order valence-corrected chi connectivity index (χ4v) is 2.31. The van der Waals surface area contributed by atoms with Crippen molar-refractivity contribution in [1.82, 2.24) is 0 Å². The van der Waals surface area contributed by atoms with E-state index in [2.05, 4.69) is 6.58 Å². The van der Waals surface area contributed by atoms with Crippen LogP contribution >= 0.6 is 11.6 Å². The molecule has 0 aromatic heterocycles. The molecule has 102 valence electrons. The van der Waals surface area contributed by atoms with Crippen LogP contribution < -0.4 is 4.90 Å². The second-order valence-electron chi connectivity index (χ2n) is 4.37. The maximum Gasteiger partial charge on any atom is 0.416 e. The minimum absolute atomic E-state index is 0.00543. The Bertz CT molecular complexity index is 527. The van der Waals surface area contributed by atoms with Gasteiger partial charge in [-0.05, 0) is 18.2 Å². The van der Waals surface area contributed by atoms with E-state index in [9.17, 15) is 18.0 Å². The topological polar surface area (TPSA) is 20.3 Å². The molecule has 0 saturated carbocycles.